The first kappa shape index (κ1) is 14.2. The van der Waals surface area contributed by atoms with E-state index in [4.69, 9.17) is 12.2 Å². The third-order valence-electron chi connectivity index (χ3n) is 3.05. The van der Waals surface area contributed by atoms with Gasteiger partial charge in [-0.15, -0.1) is 11.8 Å². The van der Waals surface area contributed by atoms with Crippen LogP contribution in [0.1, 0.15) is 26.7 Å². The minimum atomic E-state index is 0.112. The summed E-state index contributed by atoms with van der Waals surface area (Å²) in [4.78, 5) is 17.3. The monoisotopic (exact) mass is 302 g/mol. The second kappa shape index (κ2) is 6.30. The molecule has 0 N–H and O–H groups in total. The van der Waals surface area contributed by atoms with E-state index in [9.17, 15) is 4.79 Å². The topological polar surface area (TPSA) is 23.6 Å². The SMILES string of the molecule is CCCCN1C(=O)/C(=C2\SCCN2CC)SC1=S. The number of hydrogen-bond acceptors (Lipinski definition) is 5. The summed E-state index contributed by atoms with van der Waals surface area (Å²) in [6.45, 7) is 7.01. The molecule has 2 heterocycles. The number of carbonyl (C=O) groups is 1. The van der Waals surface area contributed by atoms with Crippen LogP contribution in [0.5, 0.6) is 0 Å². The van der Waals surface area contributed by atoms with Gasteiger partial charge in [0.2, 0.25) is 0 Å². The Hall–Kier alpha value is -0.200. The van der Waals surface area contributed by atoms with Crippen molar-refractivity contribution >= 4 is 46.0 Å². The second-order valence-corrected chi connectivity index (χ2v) is 6.97. The van der Waals surface area contributed by atoms with Crippen molar-refractivity contribution in [3.8, 4) is 0 Å². The van der Waals surface area contributed by atoms with Crippen molar-refractivity contribution in [3.63, 3.8) is 0 Å². The van der Waals surface area contributed by atoms with Gasteiger partial charge >= 0.3 is 0 Å². The maximum atomic E-state index is 12.4. The van der Waals surface area contributed by atoms with Gasteiger partial charge < -0.3 is 4.90 Å². The molecule has 18 heavy (non-hydrogen) atoms. The van der Waals surface area contributed by atoms with Gasteiger partial charge in [0.25, 0.3) is 5.91 Å². The normalized spacial score (nSPS) is 24.6. The summed E-state index contributed by atoms with van der Waals surface area (Å²) < 4.78 is 0.722. The highest BCUT2D eigenvalue weighted by Gasteiger charge is 2.36. The Morgan fingerprint density at radius 1 is 1.39 bits per heavy atom. The molecular formula is C12H18N2OS3. The largest absolute Gasteiger partial charge is 0.365 e. The first-order chi connectivity index (χ1) is 8.69. The maximum absolute atomic E-state index is 12.4. The van der Waals surface area contributed by atoms with Crippen LogP contribution >= 0.6 is 35.7 Å². The van der Waals surface area contributed by atoms with Crippen molar-refractivity contribution in [1.82, 2.24) is 9.80 Å². The average molecular weight is 302 g/mol. The van der Waals surface area contributed by atoms with E-state index in [0.717, 1.165) is 52.5 Å². The molecule has 2 rings (SSSR count). The molecule has 0 saturated carbocycles. The number of thiocarbonyl (C=S) groups is 1. The zero-order valence-corrected chi connectivity index (χ0v) is 13.2. The molecule has 1 amide bonds. The van der Waals surface area contributed by atoms with E-state index in [0.29, 0.717) is 0 Å². The Balaban J connectivity index is 2.19. The third kappa shape index (κ3) is 2.70. The van der Waals surface area contributed by atoms with Crippen molar-refractivity contribution in [1.29, 1.82) is 0 Å². The van der Waals surface area contributed by atoms with E-state index in [1.165, 1.54) is 11.8 Å². The first-order valence-electron chi connectivity index (χ1n) is 6.34. The van der Waals surface area contributed by atoms with E-state index < -0.39 is 0 Å². The van der Waals surface area contributed by atoms with Gasteiger partial charge in [0.1, 0.15) is 9.23 Å². The van der Waals surface area contributed by atoms with E-state index in [-0.39, 0.29) is 5.91 Å². The Labute approximate surface area is 122 Å². The van der Waals surface area contributed by atoms with Gasteiger partial charge in [-0.05, 0) is 13.3 Å². The summed E-state index contributed by atoms with van der Waals surface area (Å²) in [5, 5.41) is 1.13. The average Bonchev–Trinajstić information content (AvgIpc) is 2.93. The molecule has 2 aliphatic rings. The van der Waals surface area contributed by atoms with E-state index >= 15 is 0 Å². The lowest BCUT2D eigenvalue weighted by atomic mass is 10.3. The van der Waals surface area contributed by atoms with Crippen molar-refractivity contribution in [2.75, 3.05) is 25.4 Å². The van der Waals surface area contributed by atoms with Crippen LogP contribution in [-0.2, 0) is 4.79 Å². The van der Waals surface area contributed by atoms with Gasteiger partial charge in [-0.3, -0.25) is 9.69 Å². The number of thioether (sulfide) groups is 2. The highest BCUT2D eigenvalue weighted by molar-refractivity contribution is 8.27. The van der Waals surface area contributed by atoms with Gasteiger partial charge in [0.15, 0.2) is 0 Å². The number of nitrogens with zero attached hydrogens (tertiary/aromatic N) is 2. The highest BCUT2D eigenvalue weighted by atomic mass is 32.2. The van der Waals surface area contributed by atoms with Crippen LogP contribution in [0.25, 0.3) is 0 Å². The van der Waals surface area contributed by atoms with Gasteiger partial charge in [-0.1, -0.05) is 37.3 Å². The smallest absolute Gasteiger partial charge is 0.268 e. The zero-order chi connectivity index (χ0) is 13.1. The number of amides is 1. The minimum absolute atomic E-state index is 0.112. The first-order valence-corrected chi connectivity index (χ1v) is 8.55. The van der Waals surface area contributed by atoms with Crippen LogP contribution in [0.3, 0.4) is 0 Å². The second-order valence-electron chi connectivity index (χ2n) is 4.24. The summed E-state index contributed by atoms with van der Waals surface area (Å²) in [5.74, 6) is 1.18. The minimum Gasteiger partial charge on any atom is -0.365 e. The lowest BCUT2D eigenvalue weighted by molar-refractivity contribution is -0.122. The molecule has 0 atom stereocenters. The van der Waals surface area contributed by atoms with Gasteiger partial charge in [0, 0.05) is 25.4 Å². The van der Waals surface area contributed by atoms with Crippen molar-refractivity contribution in [3.05, 3.63) is 9.93 Å². The Kier molecular flexibility index (Phi) is 4.98. The number of rotatable bonds is 4. The fourth-order valence-electron chi connectivity index (χ4n) is 1.99. The molecule has 2 fully saturated rings. The van der Waals surface area contributed by atoms with Crippen LogP contribution in [0, 0.1) is 0 Å². The van der Waals surface area contributed by atoms with Crippen molar-refractivity contribution in [2.45, 2.75) is 26.7 Å². The molecule has 0 aromatic carbocycles. The van der Waals surface area contributed by atoms with Gasteiger partial charge in [0.05, 0.1) is 5.03 Å². The number of carbonyl (C=O) groups excluding carboxylic acids is 1. The lowest BCUT2D eigenvalue weighted by Gasteiger charge is -2.17. The fraction of sp³-hybridized carbons (Fsp3) is 0.667. The van der Waals surface area contributed by atoms with Crippen molar-refractivity contribution in [2.24, 2.45) is 0 Å². The Morgan fingerprint density at radius 3 is 2.83 bits per heavy atom. The van der Waals surface area contributed by atoms with E-state index in [2.05, 4.69) is 18.7 Å². The van der Waals surface area contributed by atoms with Gasteiger partial charge in [-0.2, -0.15) is 0 Å². The Morgan fingerprint density at radius 2 is 2.17 bits per heavy atom. The summed E-state index contributed by atoms with van der Waals surface area (Å²) in [6, 6.07) is 0. The molecular weight excluding hydrogens is 284 g/mol. The zero-order valence-electron chi connectivity index (χ0n) is 10.8. The quantitative estimate of drug-likeness (QED) is 0.587. The van der Waals surface area contributed by atoms with Crippen LogP contribution in [-0.4, -0.2) is 45.4 Å². The molecule has 6 heteroatoms. The maximum Gasteiger partial charge on any atom is 0.268 e. The predicted molar refractivity (Wildman–Crippen MR) is 83.5 cm³/mol. The molecule has 0 aromatic rings. The van der Waals surface area contributed by atoms with Crippen LogP contribution in [0.2, 0.25) is 0 Å². The molecule has 0 unspecified atom stereocenters. The van der Waals surface area contributed by atoms with E-state index in [1.807, 2.05) is 0 Å². The van der Waals surface area contributed by atoms with Crippen molar-refractivity contribution < 1.29 is 4.79 Å². The molecule has 3 nitrogen and oxygen atoms in total. The molecule has 2 aliphatic heterocycles. The molecule has 0 spiro atoms. The molecule has 0 aromatic heterocycles. The standard InChI is InChI=1S/C12H18N2OS3/c1-3-5-6-14-10(15)9(18-12(14)16)11-13(4-2)7-8-17-11/h3-8H2,1-2H3/b11-9+. The van der Waals surface area contributed by atoms with Gasteiger partial charge in [-0.25, -0.2) is 0 Å². The predicted octanol–water partition coefficient (Wildman–Crippen LogP) is 2.88. The Bertz CT molecular complexity index is 395. The van der Waals surface area contributed by atoms with E-state index in [1.54, 1.807) is 16.7 Å². The molecule has 0 radical (unpaired) electrons. The van der Waals surface area contributed by atoms with Crippen LogP contribution in [0.15, 0.2) is 9.93 Å². The summed E-state index contributed by atoms with van der Waals surface area (Å²) >= 11 is 8.58. The summed E-state index contributed by atoms with van der Waals surface area (Å²) in [5.41, 5.74) is 0. The van der Waals surface area contributed by atoms with Crippen LogP contribution in [0.4, 0.5) is 0 Å². The molecule has 2 saturated heterocycles. The fourth-order valence-corrected chi connectivity index (χ4v) is 4.72. The molecule has 0 aliphatic carbocycles. The van der Waals surface area contributed by atoms with Crippen LogP contribution < -0.4 is 0 Å². The number of hydrogen-bond donors (Lipinski definition) is 0. The third-order valence-corrected chi connectivity index (χ3v) is 5.74. The highest BCUT2D eigenvalue weighted by Crippen LogP contribution is 2.40. The molecule has 100 valence electrons. The summed E-state index contributed by atoms with van der Waals surface area (Å²) in [7, 11) is 0. The summed E-state index contributed by atoms with van der Waals surface area (Å²) in [6.07, 6.45) is 2.10. The molecule has 0 bridgehead atoms. The number of unbranched alkanes of at least 4 members (excludes halogenated alkanes) is 1. The lowest BCUT2D eigenvalue weighted by Crippen LogP contribution is -2.29.